The molecule has 0 atom stereocenters. The van der Waals surface area contributed by atoms with E-state index in [2.05, 4.69) is 0 Å². The van der Waals surface area contributed by atoms with Gasteiger partial charge < -0.3 is 10.5 Å². The molecule has 4 nitrogen and oxygen atoms in total. The summed E-state index contributed by atoms with van der Waals surface area (Å²) in [5.41, 5.74) is 6.42. The predicted molar refractivity (Wildman–Crippen MR) is 73.2 cm³/mol. The van der Waals surface area contributed by atoms with E-state index >= 15 is 0 Å². The van der Waals surface area contributed by atoms with Crippen LogP contribution in [-0.2, 0) is 4.74 Å². The van der Waals surface area contributed by atoms with Crippen LogP contribution < -0.4 is 5.73 Å². The second-order valence-corrected chi connectivity index (χ2v) is 6.15. The van der Waals surface area contributed by atoms with E-state index in [0.29, 0.717) is 27.6 Å². The van der Waals surface area contributed by atoms with Crippen molar-refractivity contribution in [3.8, 4) is 0 Å². The minimum Gasteiger partial charge on any atom is -0.462 e. The minimum atomic E-state index is -0.522. The maximum atomic E-state index is 12.3. The van der Waals surface area contributed by atoms with Gasteiger partial charge in [-0.05, 0) is 19.4 Å². The van der Waals surface area contributed by atoms with Crippen LogP contribution in [0, 0.1) is 12.3 Å². The first kappa shape index (κ1) is 14.7. The topological polar surface area (TPSA) is 69.4 Å². The number of carbonyl (C=O) groups excluding carboxylic acids is 2. The number of Topliss-reactive ketones (excluding diaryl/α,β-unsaturated/α-hetero) is 1. The van der Waals surface area contributed by atoms with Gasteiger partial charge in [0.05, 0.1) is 17.2 Å². The Labute approximate surface area is 111 Å². The fraction of sp³-hybridized carbons (Fsp3) is 0.538. The van der Waals surface area contributed by atoms with Crippen LogP contribution in [0.2, 0.25) is 0 Å². The summed E-state index contributed by atoms with van der Waals surface area (Å²) in [6.07, 6.45) is 0. The Morgan fingerprint density at radius 2 is 1.89 bits per heavy atom. The third kappa shape index (κ3) is 2.72. The smallest absolute Gasteiger partial charge is 0.348 e. The molecule has 0 aromatic carbocycles. The zero-order chi connectivity index (χ0) is 14.1. The molecule has 0 amide bonds. The lowest BCUT2D eigenvalue weighted by atomic mass is 9.85. The Morgan fingerprint density at radius 3 is 2.33 bits per heavy atom. The van der Waals surface area contributed by atoms with Crippen LogP contribution in [0.3, 0.4) is 0 Å². The van der Waals surface area contributed by atoms with E-state index in [1.165, 1.54) is 0 Å². The van der Waals surface area contributed by atoms with E-state index < -0.39 is 11.4 Å². The molecule has 18 heavy (non-hydrogen) atoms. The molecule has 100 valence electrons. The molecule has 2 N–H and O–H groups in total. The van der Waals surface area contributed by atoms with E-state index in [0.717, 1.165) is 11.3 Å². The van der Waals surface area contributed by atoms with Gasteiger partial charge in [-0.1, -0.05) is 20.8 Å². The van der Waals surface area contributed by atoms with Crippen LogP contribution in [-0.4, -0.2) is 18.4 Å². The van der Waals surface area contributed by atoms with Crippen LogP contribution >= 0.6 is 11.3 Å². The van der Waals surface area contributed by atoms with Crippen LogP contribution in [0.5, 0.6) is 0 Å². The summed E-state index contributed by atoms with van der Waals surface area (Å²) in [6, 6.07) is 0. The monoisotopic (exact) mass is 269 g/mol. The Hall–Kier alpha value is -1.36. The Morgan fingerprint density at radius 1 is 1.33 bits per heavy atom. The largest absolute Gasteiger partial charge is 0.462 e. The molecule has 1 rings (SSSR count). The summed E-state index contributed by atoms with van der Waals surface area (Å²) in [6.45, 7) is 9.27. The molecule has 0 saturated carbocycles. The Kier molecular flexibility index (Phi) is 4.16. The molecule has 0 saturated heterocycles. The zero-order valence-corrected chi connectivity index (χ0v) is 12.2. The molecule has 1 heterocycles. The van der Waals surface area contributed by atoms with Crippen molar-refractivity contribution in [1.82, 2.24) is 0 Å². The summed E-state index contributed by atoms with van der Waals surface area (Å²) >= 11 is 1.12. The standard InChI is InChI=1S/C13H19NO3S/c1-6-17-12(16)9-7(2)8(11(14)18-9)10(15)13(3,4)5/h6,14H2,1-5H3. The molecule has 0 fully saturated rings. The van der Waals surface area contributed by atoms with E-state index in [1.807, 2.05) is 20.8 Å². The van der Waals surface area contributed by atoms with Crippen LogP contribution in [0.25, 0.3) is 0 Å². The number of rotatable bonds is 3. The second-order valence-electron chi connectivity index (χ2n) is 5.10. The van der Waals surface area contributed by atoms with Crippen molar-refractivity contribution in [2.24, 2.45) is 5.41 Å². The molecule has 0 spiro atoms. The number of carbonyl (C=O) groups is 2. The van der Waals surface area contributed by atoms with Crippen molar-refractivity contribution in [2.45, 2.75) is 34.6 Å². The molecule has 1 aromatic heterocycles. The number of anilines is 1. The van der Waals surface area contributed by atoms with Crippen LogP contribution in [0.4, 0.5) is 5.00 Å². The average molecular weight is 269 g/mol. The fourth-order valence-electron chi connectivity index (χ4n) is 1.58. The first-order valence-electron chi connectivity index (χ1n) is 5.81. The van der Waals surface area contributed by atoms with Crippen LogP contribution in [0.1, 0.15) is 53.3 Å². The summed E-state index contributed by atoms with van der Waals surface area (Å²) in [4.78, 5) is 24.4. The fourth-order valence-corrected chi connectivity index (χ4v) is 2.55. The lowest BCUT2D eigenvalue weighted by molar-refractivity contribution is 0.0531. The van der Waals surface area contributed by atoms with Crippen molar-refractivity contribution >= 4 is 28.1 Å². The number of ketones is 1. The van der Waals surface area contributed by atoms with Crippen molar-refractivity contribution in [3.05, 3.63) is 16.0 Å². The number of hydrogen-bond acceptors (Lipinski definition) is 5. The zero-order valence-electron chi connectivity index (χ0n) is 11.4. The minimum absolute atomic E-state index is 0.0516. The lowest BCUT2D eigenvalue weighted by Gasteiger charge is -2.17. The highest BCUT2D eigenvalue weighted by atomic mass is 32.1. The van der Waals surface area contributed by atoms with Gasteiger partial charge in [-0.2, -0.15) is 0 Å². The van der Waals surface area contributed by atoms with Crippen molar-refractivity contribution in [3.63, 3.8) is 0 Å². The first-order chi connectivity index (χ1) is 8.20. The van der Waals surface area contributed by atoms with Gasteiger partial charge in [0.1, 0.15) is 4.88 Å². The van der Waals surface area contributed by atoms with E-state index in [1.54, 1.807) is 13.8 Å². The molecule has 1 aromatic rings. The average Bonchev–Trinajstić information content (AvgIpc) is 2.52. The maximum absolute atomic E-state index is 12.3. The highest BCUT2D eigenvalue weighted by Gasteiger charge is 2.30. The van der Waals surface area contributed by atoms with Crippen molar-refractivity contribution in [2.75, 3.05) is 12.3 Å². The number of ether oxygens (including phenoxy) is 1. The van der Waals surface area contributed by atoms with Crippen LogP contribution in [0.15, 0.2) is 0 Å². The van der Waals surface area contributed by atoms with Crippen molar-refractivity contribution in [1.29, 1.82) is 0 Å². The molecular formula is C13H19NO3S. The lowest BCUT2D eigenvalue weighted by Crippen LogP contribution is -2.21. The Balaban J connectivity index is 3.25. The third-order valence-electron chi connectivity index (χ3n) is 2.54. The van der Waals surface area contributed by atoms with E-state index in [9.17, 15) is 9.59 Å². The molecular weight excluding hydrogens is 250 g/mol. The third-order valence-corrected chi connectivity index (χ3v) is 3.64. The second kappa shape index (κ2) is 5.10. The molecule has 5 heteroatoms. The van der Waals surface area contributed by atoms with Gasteiger partial charge >= 0.3 is 5.97 Å². The van der Waals surface area contributed by atoms with Gasteiger partial charge in [-0.3, -0.25) is 4.79 Å². The molecule has 0 aliphatic rings. The molecule has 0 radical (unpaired) electrons. The highest BCUT2D eigenvalue weighted by Crippen LogP contribution is 2.35. The predicted octanol–water partition coefficient (Wildman–Crippen LogP) is 3.04. The van der Waals surface area contributed by atoms with E-state index in [-0.39, 0.29) is 5.78 Å². The summed E-state index contributed by atoms with van der Waals surface area (Å²) in [5, 5.41) is 0.385. The molecule has 0 aliphatic carbocycles. The van der Waals surface area contributed by atoms with Gasteiger partial charge in [0.2, 0.25) is 0 Å². The number of thiophene rings is 1. The summed E-state index contributed by atoms with van der Waals surface area (Å²) in [5.74, 6) is -0.469. The van der Waals surface area contributed by atoms with E-state index in [4.69, 9.17) is 10.5 Å². The summed E-state index contributed by atoms with van der Waals surface area (Å²) < 4.78 is 4.95. The highest BCUT2D eigenvalue weighted by molar-refractivity contribution is 7.18. The Bertz CT molecular complexity index is 483. The normalized spacial score (nSPS) is 11.4. The number of esters is 1. The van der Waals surface area contributed by atoms with Gasteiger partial charge in [0, 0.05) is 5.41 Å². The number of nitrogens with two attached hydrogens (primary N) is 1. The van der Waals surface area contributed by atoms with Gasteiger partial charge in [-0.15, -0.1) is 11.3 Å². The SMILES string of the molecule is CCOC(=O)c1sc(N)c(C(=O)C(C)(C)C)c1C. The first-order valence-corrected chi connectivity index (χ1v) is 6.62. The summed E-state index contributed by atoms with van der Waals surface area (Å²) in [7, 11) is 0. The number of hydrogen-bond donors (Lipinski definition) is 1. The van der Waals surface area contributed by atoms with Crippen molar-refractivity contribution < 1.29 is 14.3 Å². The maximum Gasteiger partial charge on any atom is 0.348 e. The molecule has 0 aliphatic heterocycles. The number of nitrogen functional groups attached to an aromatic ring is 1. The van der Waals surface area contributed by atoms with Gasteiger partial charge in [-0.25, -0.2) is 4.79 Å². The van der Waals surface area contributed by atoms with Gasteiger partial charge in [0.25, 0.3) is 0 Å². The van der Waals surface area contributed by atoms with Gasteiger partial charge in [0.15, 0.2) is 5.78 Å². The molecule has 0 unspecified atom stereocenters. The molecule has 0 bridgehead atoms. The quantitative estimate of drug-likeness (QED) is 0.676.